The first-order valence-electron chi connectivity index (χ1n) is 9.46. The minimum absolute atomic E-state index is 0.0584. The zero-order valence-corrected chi connectivity index (χ0v) is 18.3. The molecule has 3 heterocycles. The molecule has 1 aromatic carbocycles. The van der Waals surface area contributed by atoms with Crippen LogP contribution in [-0.4, -0.2) is 39.7 Å². The molecule has 0 aliphatic carbocycles. The van der Waals surface area contributed by atoms with Gasteiger partial charge in [-0.3, -0.25) is 4.68 Å². The van der Waals surface area contributed by atoms with Crippen molar-refractivity contribution >= 4 is 15.8 Å². The number of nitrogen functional groups attached to an aromatic ring is 1. The van der Waals surface area contributed by atoms with Crippen LogP contribution in [0.15, 0.2) is 29.2 Å². The van der Waals surface area contributed by atoms with Gasteiger partial charge in [0.15, 0.2) is 11.6 Å². The summed E-state index contributed by atoms with van der Waals surface area (Å²) in [6.45, 7) is 3.57. The maximum Gasteiger partial charge on any atom is 0.243 e. The number of rotatable bonds is 0. The third-order valence-electron chi connectivity index (χ3n) is 5.24. The molecule has 160 valence electrons. The van der Waals surface area contributed by atoms with Crippen LogP contribution in [0.4, 0.5) is 5.82 Å². The highest BCUT2D eigenvalue weighted by Crippen LogP contribution is 2.36. The van der Waals surface area contributed by atoms with Crippen LogP contribution in [0.1, 0.15) is 35.5 Å². The number of nitriles is 1. The van der Waals surface area contributed by atoms with Crippen molar-refractivity contribution in [3.8, 4) is 23.1 Å². The van der Waals surface area contributed by atoms with Crippen LogP contribution in [0, 0.1) is 18.3 Å². The Morgan fingerprint density at radius 2 is 2.00 bits per heavy atom. The van der Waals surface area contributed by atoms with Crippen LogP contribution in [0.5, 0.6) is 5.75 Å². The van der Waals surface area contributed by atoms with Gasteiger partial charge in [0.05, 0.1) is 22.7 Å². The summed E-state index contributed by atoms with van der Waals surface area (Å²) in [6.07, 6.45) is -0.638. The molecule has 1 aliphatic rings. The number of sulfonamides is 1. The molecule has 1 atom stereocenters. The summed E-state index contributed by atoms with van der Waals surface area (Å²) in [5.74, 6) is 0.306. The molecule has 0 saturated carbocycles. The second-order valence-corrected chi connectivity index (χ2v) is 9.46. The average molecular weight is 440 g/mol. The summed E-state index contributed by atoms with van der Waals surface area (Å²) in [5.41, 5.74) is 8.70. The lowest BCUT2D eigenvalue weighted by Gasteiger charge is -2.24. The normalized spacial score (nSPS) is 18.0. The summed E-state index contributed by atoms with van der Waals surface area (Å²) >= 11 is 0. The molecule has 1 aliphatic heterocycles. The smallest absolute Gasteiger partial charge is 0.243 e. The van der Waals surface area contributed by atoms with Crippen molar-refractivity contribution in [2.75, 3.05) is 12.8 Å². The summed E-state index contributed by atoms with van der Waals surface area (Å²) in [7, 11) is -0.803. The fraction of sp³-hybridized carbons (Fsp3) is 0.300. The predicted octanol–water partition coefficient (Wildman–Crippen LogP) is 1.91. The van der Waals surface area contributed by atoms with Crippen molar-refractivity contribution in [1.29, 1.82) is 5.26 Å². The van der Waals surface area contributed by atoms with Gasteiger partial charge in [-0.05, 0) is 19.9 Å². The van der Waals surface area contributed by atoms with E-state index >= 15 is 0 Å². The Morgan fingerprint density at radius 1 is 1.26 bits per heavy atom. The van der Waals surface area contributed by atoms with E-state index in [1.807, 2.05) is 6.92 Å². The standard InChI is InChI=1S/C20H21N7O3S/c1-11-5-6-18-13(7-11)12(2)30-17-8-14(23-24-20(17)22)19-15(10-26(3)31(18,28)29)25-27(4)16(19)9-21/h5-8,12H,10H2,1-4H3,(H2,22,24)/t12-/m1/s1. The van der Waals surface area contributed by atoms with E-state index in [1.165, 1.54) is 16.0 Å². The van der Waals surface area contributed by atoms with E-state index in [0.29, 0.717) is 22.5 Å². The van der Waals surface area contributed by atoms with Crippen molar-refractivity contribution in [2.45, 2.75) is 31.4 Å². The number of fused-ring (bicyclic) bond motifs is 5. The topological polar surface area (TPSA) is 140 Å². The Labute approximate surface area is 179 Å². The maximum atomic E-state index is 13.5. The number of aromatic nitrogens is 4. The van der Waals surface area contributed by atoms with Gasteiger partial charge < -0.3 is 10.5 Å². The molecule has 0 amide bonds. The van der Waals surface area contributed by atoms with Gasteiger partial charge in [0.1, 0.15) is 23.6 Å². The molecular weight excluding hydrogens is 418 g/mol. The maximum absolute atomic E-state index is 13.5. The third-order valence-corrected chi connectivity index (χ3v) is 7.11. The van der Waals surface area contributed by atoms with E-state index in [0.717, 1.165) is 5.56 Å². The first-order valence-corrected chi connectivity index (χ1v) is 10.9. The number of hydrogen-bond acceptors (Lipinski definition) is 8. The summed E-state index contributed by atoms with van der Waals surface area (Å²) in [6, 6.07) is 8.79. The quantitative estimate of drug-likeness (QED) is 0.560. The van der Waals surface area contributed by atoms with Crippen molar-refractivity contribution < 1.29 is 13.2 Å². The SMILES string of the molecule is Cc1ccc2c(c1)[C@@H](C)Oc1cc(nnc1N)-c1c(nn(C)c1C#N)CN(C)S2(=O)=O. The second-order valence-electron chi connectivity index (χ2n) is 7.45. The van der Waals surface area contributed by atoms with Gasteiger partial charge in [-0.25, -0.2) is 8.42 Å². The molecule has 3 aromatic rings. The highest BCUT2D eigenvalue weighted by molar-refractivity contribution is 7.89. The lowest BCUT2D eigenvalue weighted by Crippen LogP contribution is -2.28. The number of nitrogens with zero attached hydrogens (tertiary/aromatic N) is 6. The fourth-order valence-corrected chi connectivity index (χ4v) is 5.02. The van der Waals surface area contributed by atoms with Gasteiger partial charge in [-0.15, -0.1) is 10.2 Å². The minimum Gasteiger partial charge on any atom is -0.482 e. The molecule has 0 unspecified atom stereocenters. The van der Waals surface area contributed by atoms with Crippen LogP contribution in [-0.2, 0) is 23.6 Å². The van der Waals surface area contributed by atoms with Gasteiger partial charge in [-0.1, -0.05) is 17.7 Å². The van der Waals surface area contributed by atoms with Crippen LogP contribution in [0.25, 0.3) is 11.3 Å². The van der Waals surface area contributed by atoms with Gasteiger partial charge in [-0.2, -0.15) is 14.7 Å². The van der Waals surface area contributed by atoms with Crippen LogP contribution >= 0.6 is 0 Å². The lowest BCUT2D eigenvalue weighted by atomic mass is 10.1. The largest absolute Gasteiger partial charge is 0.482 e. The van der Waals surface area contributed by atoms with Crippen LogP contribution in [0.2, 0.25) is 0 Å². The molecule has 0 radical (unpaired) electrons. The molecular formula is C20H21N7O3S. The van der Waals surface area contributed by atoms with E-state index in [1.54, 1.807) is 38.2 Å². The molecule has 2 aromatic heterocycles. The van der Waals surface area contributed by atoms with Crippen molar-refractivity contribution in [3.05, 3.63) is 46.8 Å². The molecule has 0 spiro atoms. The highest BCUT2D eigenvalue weighted by Gasteiger charge is 2.31. The molecule has 2 N–H and O–H groups in total. The molecule has 31 heavy (non-hydrogen) atoms. The second kappa shape index (κ2) is 7.33. The zero-order chi connectivity index (χ0) is 22.5. The Hall–Kier alpha value is -3.49. The lowest BCUT2D eigenvalue weighted by molar-refractivity contribution is 0.223. The molecule has 0 fully saturated rings. The summed E-state index contributed by atoms with van der Waals surface area (Å²) in [4.78, 5) is 0.132. The van der Waals surface area contributed by atoms with Gasteiger partial charge in [0.25, 0.3) is 0 Å². The van der Waals surface area contributed by atoms with E-state index in [4.69, 9.17) is 10.5 Å². The molecule has 4 rings (SSSR count). The summed E-state index contributed by atoms with van der Waals surface area (Å²) in [5, 5.41) is 22.1. The van der Waals surface area contributed by atoms with Crippen molar-refractivity contribution in [1.82, 2.24) is 24.3 Å². The Bertz CT molecular complexity index is 1340. The Balaban J connectivity index is 2.03. The minimum atomic E-state index is -3.89. The van der Waals surface area contributed by atoms with E-state index < -0.39 is 16.1 Å². The average Bonchev–Trinajstić information content (AvgIpc) is 3.03. The number of aryl methyl sites for hydroxylation is 2. The number of hydrogen-bond donors (Lipinski definition) is 1. The van der Waals surface area contributed by atoms with Crippen molar-refractivity contribution in [3.63, 3.8) is 0 Å². The van der Waals surface area contributed by atoms with Gasteiger partial charge in [0, 0.05) is 25.7 Å². The number of ether oxygens (including phenoxy) is 1. The Morgan fingerprint density at radius 3 is 2.71 bits per heavy atom. The van der Waals surface area contributed by atoms with Crippen LogP contribution in [0.3, 0.4) is 0 Å². The van der Waals surface area contributed by atoms with Gasteiger partial charge in [0.2, 0.25) is 10.0 Å². The first-order chi connectivity index (χ1) is 14.6. The van der Waals surface area contributed by atoms with E-state index in [9.17, 15) is 13.7 Å². The third kappa shape index (κ3) is 3.39. The monoisotopic (exact) mass is 439 g/mol. The Kier molecular flexibility index (Phi) is 4.91. The molecule has 2 bridgehead atoms. The predicted molar refractivity (Wildman–Crippen MR) is 112 cm³/mol. The van der Waals surface area contributed by atoms with Crippen molar-refractivity contribution in [2.24, 2.45) is 7.05 Å². The zero-order valence-electron chi connectivity index (χ0n) is 17.5. The number of benzene rings is 1. The van der Waals surface area contributed by atoms with E-state index in [-0.39, 0.29) is 28.7 Å². The fourth-order valence-electron chi connectivity index (χ4n) is 3.63. The number of anilines is 1. The first kappa shape index (κ1) is 20.8. The van der Waals surface area contributed by atoms with E-state index in [2.05, 4.69) is 21.4 Å². The molecule has 0 saturated heterocycles. The highest BCUT2D eigenvalue weighted by atomic mass is 32.2. The number of nitrogens with two attached hydrogens (primary N) is 1. The van der Waals surface area contributed by atoms with Crippen LogP contribution < -0.4 is 10.5 Å². The molecule has 10 nitrogen and oxygen atoms in total. The molecule has 11 heteroatoms. The summed E-state index contributed by atoms with van der Waals surface area (Å²) < 4.78 is 35.6. The van der Waals surface area contributed by atoms with Gasteiger partial charge >= 0.3 is 0 Å².